The van der Waals surface area contributed by atoms with E-state index in [1.165, 1.54) is 6.33 Å². The van der Waals surface area contributed by atoms with Crippen molar-refractivity contribution in [2.75, 3.05) is 31.1 Å². The summed E-state index contributed by atoms with van der Waals surface area (Å²) in [6.07, 6.45) is 3.28. The summed E-state index contributed by atoms with van der Waals surface area (Å²) in [7, 11) is 0. The lowest BCUT2D eigenvalue weighted by molar-refractivity contribution is 0.246. The molecule has 1 aliphatic rings. The van der Waals surface area contributed by atoms with Gasteiger partial charge in [0.2, 0.25) is 0 Å². The monoisotopic (exact) mass is 376 g/mol. The highest BCUT2D eigenvalue weighted by molar-refractivity contribution is 5.47. The first-order valence-corrected chi connectivity index (χ1v) is 9.29. The molecule has 0 unspecified atom stereocenters. The van der Waals surface area contributed by atoms with E-state index in [2.05, 4.69) is 29.9 Å². The molecule has 0 atom stereocenters. The Labute approximate surface area is 160 Å². The maximum Gasteiger partial charge on any atom is 0.258 e. The van der Waals surface area contributed by atoms with E-state index < -0.39 is 0 Å². The highest BCUT2D eigenvalue weighted by Gasteiger charge is 2.21. The first kappa shape index (κ1) is 16.8. The second-order valence-electron chi connectivity index (χ2n) is 7.01. The van der Waals surface area contributed by atoms with Gasteiger partial charge in [0, 0.05) is 56.7 Å². The average Bonchev–Trinajstić information content (AvgIpc) is 3.16. The first-order valence-electron chi connectivity index (χ1n) is 9.29. The van der Waals surface area contributed by atoms with Crippen molar-refractivity contribution in [3.8, 4) is 0 Å². The standard InChI is InChI=1S/C19H20N8O/c1-14-10-17(27-19(22-14)20-13-21-27)25-8-6-24(7-9-25)12-15-11-18(28)26-5-3-2-4-16(26)23-15/h2-5,10-11,13H,6-9,12H2,1H3. The topological polar surface area (TPSA) is 83.9 Å². The molecule has 9 heteroatoms. The van der Waals surface area contributed by atoms with Crippen molar-refractivity contribution in [2.24, 2.45) is 0 Å². The van der Waals surface area contributed by atoms with Gasteiger partial charge in [-0.3, -0.25) is 14.1 Å². The van der Waals surface area contributed by atoms with E-state index >= 15 is 0 Å². The first-order chi connectivity index (χ1) is 13.7. The van der Waals surface area contributed by atoms with Crippen LogP contribution in [-0.2, 0) is 6.54 Å². The largest absolute Gasteiger partial charge is 0.354 e. The Hall–Kier alpha value is -3.33. The second kappa shape index (κ2) is 6.68. The fourth-order valence-corrected chi connectivity index (χ4v) is 3.68. The molecule has 4 aromatic heterocycles. The number of aryl methyl sites for hydroxylation is 1. The highest BCUT2D eigenvalue weighted by Crippen LogP contribution is 2.18. The predicted molar refractivity (Wildman–Crippen MR) is 104 cm³/mol. The summed E-state index contributed by atoms with van der Waals surface area (Å²) in [5.41, 5.74) is 2.38. The second-order valence-corrected chi connectivity index (χ2v) is 7.01. The summed E-state index contributed by atoms with van der Waals surface area (Å²) >= 11 is 0. The van der Waals surface area contributed by atoms with E-state index in [0.717, 1.165) is 43.4 Å². The minimum Gasteiger partial charge on any atom is -0.354 e. The molecule has 1 aliphatic heterocycles. The molecule has 0 aliphatic carbocycles. The number of rotatable bonds is 3. The summed E-state index contributed by atoms with van der Waals surface area (Å²) in [4.78, 5) is 30.1. The molecule has 0 bridgehead atoms. The summed E-state index contributed by atoms with van der Waals surface area (Å²) in [6, 6.07) is 9.26. The molecule has 28 heavy (non-hydrogen) atoms. The van der Waals surface area contributed by atoms with Crippen molar-refractivity contribution in [3.63, 3.8) is 0 Å². The third-order valence-electron chi connectivity index (χ3n) is 5.07. The van der Waals surface area contributed by atoms with E-state index in [-0.39, 0.29) is 5.56 Å². The molecule has 142 valence electrons. The number of aromatic nitrogens is 6. The van der Waals surface area contributed by atoms with Crippen LogP contribution in [-0.4, -0.2) is 60.0 Å². The van der Waals surface area contributed by atoms with Crippen LogP contribution in [0.5, 0.6) is 0 Å². The van der Waals surface area contributed by atoms with E-state index in [1.807, 2.05) is 31.2 Å². The fraction of sp³-hybridized carbons (Fsp3) is 0.316. The molecule has 0 saturated carbocycles. The number of anilines is 1. The van der Waals surface area contributed by atoms with Crippen LogP contribution in [0.3, 0.4) is 0 Å². The third-order valence-corrected chi connectivity index (χ3v) is 5.07. The van der Waals surface area contributed by atoms with Crippen LogP contribution in [0.25, 0.3) is 11.4 Å². The van der Waals surface area contributed by atoms with Gasteiger partial charge < -0.3 is 4.90 Å². The molecular weight excluding hydrogens is 356 g/mol. The van der Waals surface area contributed by atoms with E-state index in [4.69, 9.17) is 0 Å². The van der Waals surface area contributed by atoms with Gasteiger partial charge in [-0.05, 0) is 19.1 Å². The summed E-state index contributed by atoms with van der Waals surface area (Å²) in [5.74, 6) is 1.64. The van der Waals surface area contributed by atoms with Gasteiger partial charge in [0.15, 0.2) is 0 Å². The Morgan fingerprint density at radius 1 is 1.07 bits per heavy atom. The van der Waals surface area contributed by atoms with Crippen molar-refractivity contribution in [3.05, 3.63) is 64.6 Å². The predicted octanol–water partition coefficient (Wildman–Crippen LogP) is 0.763. The minimum atomic E-state index is -0.0416. The number of hydrogen-bond acceptors (Lipinski definition) is 7. The lowest BCUT2D eigenvalue weighted by Gasteiger charge is -2.35. The van der Waals surface area contributed by atoms with E-state index in [1.54, 1.807) is 21.2 Å². The number of pyridine rings is 1. The van der Waals surface area contributed by atoms with Crippen LogP contribution in [0.15, 0.2) is 47.7 Å². The van der Waals surface area contributed by atoms with Gasteiger partial charge in [-0.2, -0.15) is 14.6 Å². The zero-order valence-electron chi connectivity index (χ0n) is 15.6. The Morgan fingerprint density at radius 2 is 1.93 bits per heavy atom. The van der Waals surface area contributed by atoms with Gasteiger partial charge in [0.25, 0.3) is 11.3 Å². The van der Waals surface area contributed by atoms with Crippen LogP contribution in [0.4, 0.5) is 5.82 Å². The van der Waals surface area contributed by atoms with Crippen LogP contribution in [0, 0.1) is 6.92 Å². The highest BCUT2D eigenvalue weighted by atomic mass is 16.1. The van der Waals surface area contributed by atoms with Crippen LogP contribution < -0.4 is 10.5 Å². The SMILES string of the molecule is Cc1cc(N2CCN(Cc3cc(=O)n4ccccc4n3)CC2)n2ncnc2n1. The smallest absolute Gasteiger partial charge is 0.258 e. The van der Waals surface area contributed by atoms with Crippen LogP contribution >= 0.6 is 0 Å². The van der Waals surface area contributed by atoms with Crippen molar-refractivity contribution in [1.82, 2.24) is 33.9 Å². The number of fused-ring (bicyclic) bond motifs is 2. The maximum absolute atomic E-state index is 12.3. The van der Waals surface area contributed by atoms with Crippen molar-refractivity contribution in [1.29, 1.82) is 0 Å². The van der Waals surface area contributed by atoms with Crippen LogP contribution in [0.1, 0.15) is 11.4 Å². The molecule has 5 heterocycles. The zero-order valence-corrected chi connectivity index (χ0v) is 15.6. The van der Waals surface area contributed by atoms with Crippen molar-refractivity contribution in [2.45, 2.75) is 13.5 Å². The van der Waals surface area contributed by atoms with Crippen LogP contribution in [0.2, 0.25) is 0 Å². The molecule has 0 radical (unpaired) electrons. The lowest BCUT2D eigenvalue weighted by Crippen LogP contribution is -2.46. The quantitative estimate of drug-likeness (QED) is 0.522. The number of hydrogen-bond donors (Lipinski definition) is 0. The fourth-order valence-electron chi connectivity index (χ4n) is 3.68. The number of nitrogens with zero attached hydrogens (tertiary/aromatic N) is 8. The summed E-state index contributed by atoms with van der Waals surface area (Å²) in [5, 5.41) is 4.30. The molecule has 0 aromatic carbocycles. The Morgan fingerprint density at radius 3 is 2.79 bits per heavy atom. The molecule has 0 spiro atoms. The third kappa shape index (κ3) is 2.99. The molecule has 9 nitrogen and oxygen atoms in total. The average molecular weight is 376 g/mol. The van der Waals surface area contributed by atoms with Crippen molar-refractivity contribution >= 4 is 17.2 Å². The Kier molecular flexibility index (Phi) is 4.01. The molecule has 0 amide bonds. The lowest BCUT2D eigenvalue weighted by atomic mass is 10.2. The zero-order chi connectivity index (χ0) is 19.1. The maximum atomic E-state index is 12.3. The number of piperazine rings is 1. The summed E-state index contributed by atoms with van der Waals surface area (Å²) in [6.45, 7) is 6.14. The van der Waals surface area contributed by atoms with Gasteiger partial charge >= 0.3 is 0 Å². The molecule has 1 fully saturated rings. The van der Waals surface area contributed by atoms with Crippen molar-refractivity contribution < 1.29 is 0 Å². The molecular formula is C19H20N8O. The molecule has 1 saturated heterocycles. The van der Waals surface area contributed by atoms with E-state index in [0.29, 0.717) is 18.0 Å². The molecule has 0 N–H and O–H groups in total. The Balaban J connectivity index is 1.32. The van der Waals surface area contributed by atoms with Gasteiger partial charge in [-0.15, -0.1) is 0 Å². The van der Waals surface area contributed by atoms with Gasteiger partial charge in [-0.1, -0.05) is 6.07 Å². The summed E-state index contributed by atoms with van der Waals surface area (Å²) < 4.78 is 3.35. The van der Waals surface area contributed by atoms with Gasteiger partial charge in [0.1, 0.15) is 17.8 Å². The normalized spacial score (nSPS) is 15.5. The minimum absolute atomic E-state index is 0.0416. The molecule has 4 aromatic rings. The molecule has 5 rings (SSSR count). The van der Waals surface area contributed by atoms with E-state index in [9.17, 15) is 4.79 Å². The van der Waals surface area contributed by atoms with Gasteiger partial charge in [0.05, 0.1) is 5.69 Å². The Bertz CT molecular complexity index is 1210. The van der Waals surface area contributed by atoms with Gasteiger partial charge in [-0.25, -0.2) is 9.97 Å².